The van der Waals surface area contributed by atoms with Crippen LogP contribution in [0.15, 0.2) is 23.3 Å². The molecule has 8 nitrogen and oxygen atoms in total. The van der Waals surface area contributed by atoms with Crippen molar-refractivity contribution < 1.29 is 61.3 Å². The topological polar surface area (TPSA) is 149 Å². The van der Waals surface area contributed by atoms with Gasteiger partial charge in [0.25, 0.3) is 0 Å². The van der Waals surface area contributed by atoms with Gasteiger partial charge in [-0.1, -0.05) is 0 Å². The number of hydrogen-bond acceptors (Lipinski definition) is 4. The Balaban J connectivity index is -0.000000256. The summed E-state index contributed by atoms with van der Waals surface area (Å²) in [4.78, 5) is 39.4. The van der Waals surface area contributed by atoms with Crippen molar-refractivity contribution in [3.8, 4) is 0 Å². The van der Waals surface area contributed by atoms with Crippen molar-refractivity contribution in [2.24, 2.45) is 0 Å². The van der Waals surface area contributed by atoms with E-state index in [0.29, 0.717) is 12.2 Å². The average Bonchev–Trinajstić information content (AvgIpc) is 2.16. The molecule has 0 heterocycles. The number of hydrogen-bond donors (Lipinski definition) is 4. The Kier molecular flexibility index (Phi) is 13.1. The van der Waals surface area contributed by atoms with Crippen molar-refractivity contribution in [2.75, 3.05) is 0 Å². The summed E-state index contributed by atoms with van der Waals surface area (Å²) in [7, 11) is 0. The molecule has 0 atom stereocenters. The van der Waals surface area contributed by atoms with Crippen LogP contribution in [-0.4, -0.2) is 44.3 Å². The molecule has 4 N–H and O–H groups in total. The molecular weight excluding hydrogens is 296 g/mol. The van der Waals surface area contributed by atoms with Crippen LogP contribution in [0.3, 0.4) is 0 Å². The Morgan fingerprint density at radius 1 is 0.684 bits per heavy atom. The molecule has 0 amide bonds. The first-order valence-corrected chi connectivity index (χ1v) is 4.37. The first kappa shape index (κ1) is 22.3. The Morgan fingerprint density at radius 3 is 0.947 bits per heavy atom. The molecule has 0 aliphatic rings. The molecule has 104 valence electrons. The molecule has 0 aromatic carbocycles. The molecule has 0 aromatic heterocycles. The Hall–Kier alpha value is -1.93. The van der Waals surface area contributed by atoms with Crippen LogP contribution in [0.25, 0.3) is 0 Å². The molecule has 0 unspecified atom stereocenters. The molecule has 0 saturated heterocycles. The molecule has 0 aliphatic heterocycles. The second-order valence-electron chi connectivity index (χ2n) is 2.94. The molecule has 0 radical (unpaired) electrons. The van der Waals surface area contributed by atoms with Crippen molar-refractivity contribution in [2.45, 2.75) is 13.8 Å². The van der Waals surface area contributed by atoms with E-state index < -0.39 is 23.9 Å². The molecule has 0 fully saturated rings. The van der Waals surface area contributed by atoms with E-state index in [1.165, 1.54) is 13.8 Å². The zero-order chi connectivity index (χ0) is 14.9. The fourth-order valence-corrected chi connectivity index (χ4v) is 0.494. The zero-order valence-corrected chi connectivity index (χ0v) is 11.6. The third-order valence-electron chi connectivity index (χ3n) is 1.35. The quantitative estimate of drug-likeness (QED) is 0.425. The average molecular weight is 308 g/mol. The van der Waals surface area contributed by atoms with Gasteiger partial charge in [-0.15, -0.1) is 0 Å². The second-order valence-corrected chi connectivity index (χ2v) is 2.94. The molecule has 0 rings (SSSR count). The smallest absolute Gasteiger partial charge is 0.331 e. The van der Waals surface area contributed by atoms with Gasteiger partial charge in [0.1, 0.15) is 0 Å². The summed E-state index contributed by atoms with van der Waals surface area (Å²) < 4.78 is 0. The van der Waals surface area contributed by atoms with E-state index in [1.54, 1.807) is 0 Å². The summed E-state index contributed by atoms with van der Waals surface area (Å²) >= 11 is 0. The van der Waals surface area contributed by atoms with E-state index in [4.69, 9.17) is 20.4 Å². The molecule has 9 heteroatoms. The van der Waals surface area contributed by atoms with Gasteiger partial charge >= 0.3 is 23.9 Å². The zero-order valence-electron chi connectivity index (χ0n) is 10.1. The van der Waals surface area contributed by atoms with Crippen molar-refractivity contribution in [3.63, 3.8) is 0 Å². The standard InChI is InChI=1S/2C5H6O4.Ti/c2*1-3(5(8)9)2-4(6)7;/h2*2H,1H3,(H,6,7)(H,8,9);. The van der Waals surface area contributed by atoms with E-state index in [0.717, 1.165) is 0 Å². The van der Waals surface area contributed by atoms with Crippen LogP contribution < -0.4 is 0 Å². The van der Waals surface area contributed by atoms with Gasteiger partial charge in [-0.3, -0.25) is 0 Å². The Labute approximate surface area is 122 Å². The van der Waals surface area contributed by atoms with Crippen molar-refractivity contribution >= 4 is 23.9 Å². The van der Waals surface area contributed by atoms with Gasteiger partial charge in [-0.05, 0) is 13.8 Å². The number of aliphatic carboxylic acids is 4. The summed E-state index contributed by atoms with van der Waals surface area (Å²) in [5.74, 6) is -4.90. The monoisotopic (exact) mass is 308 g/mol. The summed E-state index contributed by atoms with van der Waals surface area (Å²) in [5.41, 5.74) is -0.356. The number of carboxylic acids is 4. The van der Waals surface area contributed by atoms with Gasteiger partial charge in [0.05, 0.1) is 0 Å². The largest absolute Gasteiger partial charge is 0.478 e. The van der Waals surface area contributed by atoms with E-state index in [2.05, 4.69) is 0 Å². The van der Waals surface area contributed by atoms with Gasteiger partial charge in [-0.2, -0.15) is 0 Å². The summed E-state index contributed by atoms with van der Waals surface area (Å²) in [6, 6.07) is 0. The molecule has 0 bridgehead atoms. The van der Waals surface area contributed by atoms with Crippen LogP contribution in [0.1, 0.15) is 13.8 Å². The molecule has 0 aromatic rings. The molecule has 0 aliphatic carbocycles. The minimum absolute atomic E-state index is 0. The van der Waals surface area contributed by atoms with Crippen molar-refractivity contribution in [3.05, 3.63) is 23.3 Å². The first-order chi connectivity index (χ1) is 8.07. The third kappa shape index (κ3) is 16.1. The molecule has 0 spiro atoms. The summed E-state index contributed by atoms with van der Waals surface area (Å²) in [6.07, 6.45) is 1.28. The van der Waals surface area contributed by atoms with Crippen LogP contribution in [-0.2, 0) is 40.9 Å². The maximum absolute atomic E-state index is 9.90. The fraction of sp³-hybridized carbons (Fsp3) is 0.200. The molecular formula is C10H12O8Ti. The number of rotatable bonds is 4. The summed E-state index contributed by atoms with van der Waals surface area (Å²) in [6.45, 7) is 2.44. The van der Waals surface area contributed by atoms with E-state index >= 15 is 0 Å². The van der Waals surface area contributed by atoms with E-state index in [-0.39, 0.29) is 32.9 Å². The van der Waals surface area contributed by atoms with E-state index in [9.17, 15) is 19.2 Å². The van der Waals surface area contributed by atoms with E-state index in [1.807, 2.05) is 0 Å². The minimum Gasteiger partial charge on any atom is -0.478 e. The summed E-state index contributed by atoms with van der Waals surface area (Å²) in [5, 5.41) is 32.2. The normalized spacial score (nSPS) is 10.4. The number of carboxylic acid groups (broad SMARTS) is 4. The first-order valence-electron chi connectivity index (χ1n) is 4.37. The van der Waals surface area contributed by atoms with Gasteiger partial charge in [0.2, 0.25) is 0 Å². The van der Waals surface area contributed by atoms with Crippen LogP contribution in [0, 0.1) is 0 Å². The Bertz CT molecular complexity index is 381. The maximum Gasteiger partial charge on any atom is 0.331 e. The minimum atomic E-state index is -1.24. The Morgan fingerprint density at radius 2 is 0.895 bits per heavy atom. The predicted molar refractivity (Wildman–Crippen MR) is 58.1 cm³/mol. The molecule has 0 saturated carbocycles. The van der Waals surface area contributed by atoms with Crippen LogP contribution in [0.4, 0.5) is 0 Å². The SMILES string of the molecule is CC(=CC(=O)O)C(=O)O.CC(=CC(=O)O)C(=O)O.[Ti]. The number of carbonyl (C=O) groups is 4. The van der Waals surface area contributed by atoms with Crippen LogP contribution >= 0.6 is 0 Å². The maximum atomic E-state index is 9.90. The van der Waals surface area contributed by atoms with Crippen LogP contribution in [0.2, 0.25) is 0 Å². The third-order valence-corrected chi connectivity index (χ3v) is 1.35. The van der Waals surface area contributed by atoms with Gasteiger partial charge in [0.15, 0.2) is 0 Å². The predicted octanol–water partition coefficient (Wildman–Crippen LogP) is 0.201. The van der Waals surface area contributed by atoms with Gasteiger partial charge in [0, 0.05) is 45.0 Å². The van der Waals surface area contributed by atoms with Crippen LogP contribution in [0.5, 0.6) is 0 Å². The van der Waals surface area contributed by atoms with Gasteiger partial charge in [-0.25, -0.2) is 19.2 Å². The van der Waals surface area contributed by atoms with Gasteiger partial charge < -0.3 is 20.4 Å². The fourth-order valence-electron chi connectivity index (χ4n) is 0.494. The van der Waals surface area contributed by atoms with Crippen molar-refractivity contribution in [1.82, 2.24) is 0 Å². The van der Waals surface area contributed by atoms with Crippen molar-refractivity contribution in [1.29, 1.82) is 0 Å². The second kappa shape index (κ2) is 11.2. The molecule has 19 heavy (non-hydrogen) atoms.